The smallest absolute Gasteiger partial charge is 0.293 e. The zero-order valence-electron chi connectivity index (χ0n) is 18.8. The van der Waals surface area contributed by atoms with Crippen LogP contribution in [0.2, 0.25) is 0 Å². The van der Waals surface area contributed by atoms with Gasteiger partial charge in [0.15, 0.2) is 17.1 Å². The normalized spacial score (nSPS) is 30.5. The van der Waals surface area contributed by atoms with Gasteiger partial charge in [-0.2, -0.15) is 4.90 Å². The molecular weight excluding hydrogens is 482 g/mol. The first kappa shape index (κ1) is 27.2. The minimum atomic E-state index is -4.65. The lowest BCUT2D eigenvalue weighted by Gasteiger charge is -2.65. The molecule has 0 aromatic heterocycles. The van der Waals surface area contributed by atoms with Crippen LogP contribution < -0.4 is 9.47 Å². The van der Waals surface area contributed by atoms with E-state index in [9.17, 15) is 66.1 Å². The molecule has 0 radical (unpaired) electrons. The fourth-order valence-corrected chi connectivity index (χ4v) is 4.78. The van der Waals surface area contributed by atoms with Crippen molar-refractivity contribution in [3.8, 4) is 23.0 Å². The van der Waals surface area contributed by atoms with Gasteiger partial charge in [0.2, 0.25) is 23.0 Å². The number of aliphatic hydroxyl groups is 10. The van der Waals surface area contributed by atoms with Gasteiger partial charge in [0.1, 0.15) is 0 Å². The number of carbonyl (C=O) groups is 1. The van der Waals surface area contributed by atoms with Gasteiger partial charge >= 0.3 is 0 Å². The van der Waals surface area contributed by atoms with Crippen molar-refractivity contribution >= 4 is 5.78 Å². The summed E-state index contributed by atoms with van der Waals surface area (Å²) < 4.78 is 9.61. The number of phenols is 2. The number of methoxy groups -OCH3 is 2. The number of rotatable bonds is 4. The second kappa shape index (κ2) is 7.34. The minimum Gasteiger partial charge on any atom is -0.504 e. The number of ether oxygens (including phenoxy) is 2. The minimum absolute atomic E-state index is 0.830. The van der Waals surface area contributed by atoms with Gasteiger partial charge in [0.05, 0.1) is 25.3 Å². The lowest BCUT2D eigenvalue weighted by molar-refractivity contribution is -0.559. The molecule has 12 N–H and O–H groups in total. The summed E-state index contributed by atoms with van der Waals surface area (Å²) in [7, 11) is 1.77. The fraction of sp³-hybridized carbons (Fsp3) is 0.632. The standard InChI is InChI=1S/C19H27NO15/c1-6(2)5-14(24)13(23)17(28,29)15(25)7-8(10(22)12(35-4)11(34-3)9(7)21)16(26,27)19(32,33)20(15)18(14,30)31/h6,21-22,24-33H,5H2,1-4H3. The number of hydrogen-bond donors (Lipinski definition) is 12. The van der Waals surface area contributed by atoms with E-state index in [2.05, 4.69) is 0 Å². The van der Waals surface area contributed by atoms with Crippen molar-refractivity contribution in [2.24, 2.45) is 5.92 Å². The van der Waals surface area contributed by atoms with Gasteiger partial charge < -0.3 is 70.8 Å². The van der Waals surface area contributed by atoms with Gasteiger partial charge in [0, 0.05) is 0 Å². The Balaban J connectivity index is 2.64. The van der Waals surface area contributed by atoms with Gasteiger partial charge in [-0.3, -0.25) is 4.79 Å². The Labute approximate surface area is 196 Å². The van der Waals surface area contributed by atoms with Crippen LogP contribution in [0.25, 0.3) is 0 Å². The first-order chi connectivity index (χ1) is 15.6. The summed E-state index contributed by atoms with van der Waals surface area (Å²) in [6.45, 7) is 2.66. The number of piperidine rings is 1. The van der Waals surface area contributed by atoms with Crippen LogP contribution >= 0.6 is 0 Å². The molecule has 16 nitrogen and oxygen atoms in total. The van der Waals surface area contributed by atoms with Crippen LogP contribution in [0.4, 0.5) is 0 Å². The summed E-state index contributed by atoms with van der Waals surface area (Å²) in [5, 5.41) is 130. The molecule has 3 rings (SSSR count). The molecule has 0 aliphatic carbocycles. The van der Waals surface area contributed by atoms with Crippen LogP contribution in [0, 0.1) is 5.92 Å². The molecule has 198 valence electrons. The third-order valence-electron chi connectivity index (χ3n) is 6.32. The number of phenolic OH excluding ortho intramolecular Hbond substituents is 2. The first-order valence-electron chi connectivity index (χ1n) is 9.95. The summed E-state index contributed by atoms with van der Waals surface area (Å²) in [5.74, 6) is -25.8. The van der Waals surface area contributed by atoms with Crippen molar-refractivity contribution in [1.82, 2.24) is 4.90 Å². The van der Waals surface area contributed by atoms with E-state index in [1.165, 1.54) is 13.8 Å². The van der Waals surface area contributed by atoms with E-state index < -0.39 is 91.9 Å². The monoisotopic (exact) mass is 509 g/mol. The van der Waals surface area contributed by atoms with Crippen molar-refractivity contribution in [2.75, 3.05) is 14.2 Å². The molecule has 2 heterocycles. The summed E-state index contributed by atoms with van der Waals surface area (Å²) >= 11 is 0. The average Bonchev–Trinajstić information content (AvgIpc) is 2.70. The van der Waals surface area contributed by atoms with E-state index >= 15 is 0 Å². The van der Waals surface area contributed by atoms with Gasteiger partial charge in [-0.15, -0.1) is 0 Å². The highest BCUT2D eigenvalue weighted by Gasteiger charge is 2.86. The van der Waals surface area contributed by atoms with Crippen molar-refractivity contribution < 1.29 is 75.5 Å². The van der Waals surface area contributed by atoms with E-state index in [0.717, 1.165) is 14.2 Å². The number of carbonyl (C=O) groups excluding carboxylic acids is 1. The molecule has 2 aliphatic rings. The van der Waals surface area contributed by atoms with E-state index in [4.69, 9.17) is 9.47 Å². The summed E-state index contributed by atoms with van der Waals surface area (Å²) in [5.41, 5.74) is -11.4. The lowest BCUT2D eigenvalue weighted by Crippen LogP contribution is -2.92. The van der Waals surface area contributed by atoms with Crippen molar-refractivity contribution in [2.45, 2.75) is 55.0 Å². The van der Waals surface area contributed by atoms with E-state index in [1.807, 2.05) is 0 Å². The SMILES string of the molecule is COc1c(O)c2c(c(O)c1OC)C1(O)N(C(O)(O)C(O)(CC(C)C)C(=O)C1(O)O)C(O)(O)C2(O)O. The molecule has 16 heteroatoms. The number of aromatic hydroxyl groups is 2. The first-order valence-corrected chi connectivity index (χ1v) is 9.95. The van der Waals surface area contributed by atoms with Crippen molar-refractivity contribution in [3.05, 3.63) is 11.1 Å². The van der Waals surface area contributed by atoms with Crippen molar-refractivity contribution in [3.63, 3.8) is 0 Å². The summed E-state index contributed by atoms with van der Waals surface area (Å²) in [4.78, 5) is 12.1. The molecule has 1 aromatic carbocycles. The van der Waals surface area contributed by atoms with Crippen LogP contribution in [-0.4, -0.2) is 109 Å². The van der Waals surface area contributed by atoms with Crippen LogP contribution in [0.1, 0.15) is 31.4 Å². The Morgan fingerprint density at radius 3 is 1.57 bits per heavy atom. The molecule has 35 heavy (non-hydrogen) atoms. The van der Waals surface area contributed by atoms with E-state index in [-0.39, 0.29) is 0 Å². The highest BCUT2D eigenvalue weighted by atomic mass is 16.7. The predicted molar refractivity (Wildman–Crippen MR) is 106 cm³/mol. The van der Waals surface area contributed by atoms with E-state index in [1.54, 1.807) is 0 Å². The summed E-state index contributed by atoms with van der Waals surface area (Å²) in [6, 6.07) is 0. The number of fused-ring (bicyclic) bond motifs is 3. The zero-order chi connectivity index (χ0) is 27.3. The molecule has 2 atom stereocenters. The molecule has 1 fully saturated rings. The molecular formula is C19H27NO15. The largest absolute Gasteiger partial charge is 0.504 e. The molecule has 0 bridgehead atoms. The molecule has 0 saturated carbocycles. The average molecular weight is 509 g/mol. The molecule has 1 saturated heterocycles. The Bertz CT molecular complexity index is 1080. The number of Topliss-reactive ketones (excluding diaryl/α,β-unsaturated/α-hetero) is 1. The third-order valence-corrected chi connectivity index (χ3v) is 6.32. The van der Waals surface area contributed by atoms with Crippen LogP contribution in [0.15, 0.2) is 0 Å². The Morgan fingerprint density at radius 2 is 1.17 bits per heavy atom. The maximum Gasteiger partial charge on any atom is 0.293 e. The maximum absolute atomic E-state index is 13.1. The van der Waals surface area contributed by atoms with Crippen LogP contribution in [0.3, 0.4) is 0 Å². The second-order valence-corrected chi connectivity index (χ2v) is 8.92. The van der Waals surface area contributed by atoms with Crippen molar-refractivity contribution in [1.29, 1.82) is 0 Å². The number of benzene rings is 1. The Kier molecular flexibility index (Phi) is 5.71. The number of hydrogen-bond acceptors (Lipinski definition) is 16. The number of nitrogens with zero attached hydrogens (tertiary/aromatic N) is 1. The van der Waals surface area contributed by atoms with Gasteiger partial charge in [-0.05, 0) is 12.3 Å². The quantitative estimate of drug-likeness (QED) is 0.134. The Hall–Kier alpha value is -2.35. The van der Waals surface area contributed by atoms with Gasteiger partial charge in [-0.1, -0.05) is 13.8 Å². The van der Waals surface area contributed by atoms with E-state index in [0.29, 0.717) is 0 Å². The van der Waals surface area contributed by atoms with Crippen LogP contribution in [-0.2, 0) is 16.3 Å². The predicted octanol–water partition coefficient (Wildman–Crippen LogP) is -4.97. The van der Waals surface area contributed by atoms with Crippen LogP contribution in [0.5, 0.6) is 23.0 Å². The van der Waals surface area contributed by atoms with Gasteiger partial charge in [0.25, 0.3) is 23.4 Å². The molecule has 2 unspecified atom stereocenters. The molecule has 1 aromatic rings. The fourth-order valence-electron chi connectivity index (χ4n) is 4.78. The molecule has 0 amide bonds. The van der Waals surface area contributed by atoms with Gasteiger partial charge in [-0.25, -0.2) is 0 Å². The zero-order valence-corrected chi connectivity index (χ0v) is 18.8. The maximum atomic E-state index is 13.1. The number of ketones is 1. The lowest BCUT2D eigenvalue weighted by atomic mass is 9.66. The topological polar surface area (TPSA) is 282 Å². The summed E-state index contributed by atoms with van der Waals surface area (Å²) in [6.07, 6.45) is -1.01. The highest BCUT2D eigenvalue weighted by molar-refractivity contribution is 5.97. The molecule has 0 spiro atoms. The third kappa shape index (κ3) is 2.80. The Morgan fingerprint density at radius 1 is 0.743 bits per heavy atom. The highest BCUT2D eigenvalue weighted by Crippen LogP contribution is 2.65. The second-order valence-electron chi connectivity index (χ2n) is 8.92. The molecule has 2 aliphatic heterocycles.